The van der Waals surface area contributed by atoms with Crippen molar-refractivity contribution in [3.05, 3.63) is 255 Å². The normalized spacial score (nSPS) is 11.2. The van der Waals surface area contributed by atoms with Crippen LogP contribution in [0.1, 0.15) is 70.7 Å². The maximum absolute atomic E-state index is 13.0. The van der Waals surface area contributed by atoms with Gasteiger partial charge in [-0.15, -0.1) is 0 Å². The van der Waals surface area contributed by atoms with Crippen molar-refractivity contribution in [3.8, 4) is 0 Å². The van der Waals surface area contributed by atoms with Crippen LogP contribution in [0.5, 0.6) is 0 Å². The first-order valence-electron chi connectivity index (χ1n) is 28.4. The van der Waals surface area contributed by atoms with E-state index in [4.69, 9.17) is 46.3 Å². The standard InChI is InChI=1S/2C24H20ClN7O2.C17H11ClN4O3/c1-13-15(3-6-20(26)29-13)10-28-24(34)23-22-19(5-7-21(33)30-22)32(31-23)12-14-2-4-18-16(8-14)9-17(25)11-27-18;1-13-15(3-5-20(26)30-13)10-29-24(34)22-21-19(6-7-27-23(21)33)32(31-22)12-14-2-4-18-16(8-14)9-17(25)11-28-18;18-11-6-10-5-9(1-2-12(10)20-7-11)8-22-13-3-4-19-16(23)14(13)15(21-22)17(24)25/h2-9,11H,10,12H2,1H3,(H2,26,29)(H,28,34)(H,30,33);2-9,11H,10,12H2,1H3,(H2,26,30)(H,27,33)(H,29,34);1-7H,8H2,(H,19,23)(H,24,25). The minimum atomic E-state index is -1.24. The average Bonchev–Trinajstić information content (AvgIpc) is 1.67. The molecule has 0 aliphatic carbocycles. The van der Waals surface area contributed by atoms with E-state index in [1.165, 1.54) is 23.1 Å². The van der Waals surface area contributed by atoms with Crippen molar-refractivity contribution in [1.29, 1.82) is 0 Å². The maximum Gasteiger partial charge on any atom is 0.357 e. The van der Waals surface area contributed by atoms with Crippen LogP contribution in [-0.4, -0.2) is 92.1 Å². The molecule has 0 saturated carbocycles. The number of H-pyrrole nitrogens is 3. The molecule has 14 aromatic rings. The number of aromatic amines is 3. The van der Waals surface area contributed by atoms with Crippen LogP contribution >= 0.6 is 34.8 Å². The number of hydrogen-bond acceptors (Lipinski definition) is 16. The highest BCUT2D eigenvalue weighted by Gasteiger charge is 2.23. The number of rotatable bonds is 13. The fourth-order valence-corrected chi connectivity index (χ4v) is 11.1. The predicted octanol–water partition coefficient (Wildman–Crippen LogP) is 9.05. The van der Waals surface area contributed by atoms with Crippen molar-refractivity contribution in [2.45, 2.75) is 46.6 Å². The van der Waals surface area contributed by atoms with Crippen LogP contribution in [0.15, 0.2) is 167 Å². The summed E-state index contributed by atoms with van der Waals surface area (Å²) >= 11 is 18.2. The largest absolute Gasteiger partial charge is 0.476 e. The smallest absolute Gasteiger partial charge is 0.357 e. The SMILES string of the molecule is Cc1nc(N)ccc1CNC(=O)c1nn(Cc2ccc3ncc(Cl)cc3c2)c2cc[nH]c(=O)c12.Cc1nc(N)ccc1CNC(=O)c1nn(Cc2ccc3ncc(Cl)cc3c2)c2ccc(=O)[nH]c12.O=C(O)c1nn(Cc2ccc3ncc(Cl)cc3c2)c2cc[nH]c(=O)c12. The van der Waals surface area contributed by atoms with Crippen molar-refractivity contribution in [1.82, 2.24) is 79.8 Å². The molecule has 11 heterocycles. The van der Waals surface area contributed by atoms with E-state index in [0.717, 1.165) is 71.9 Å². The minimum absolute atomic E-state index is 0.0587. The van der Waals surface area contributed by atoms with Gasteiger partial charge in [-0.05, 0) is 127 Å². The number of carbonyl (C=O) groups is 3. The summed E-state index contributed by atoms with van der Waals surface area (Å²) in [4.78, 5) is 103. The molecule has 0 fully saturated rings. The first-order valence-corrected chi connectivity index (χ1v) is 29.5. The summed E-state index contributed by atoms with van der Waals surface area (Å²) in [6, 6.07) is 36.2. The first kappa shape index (κ1) is 61.6. The second-order valence-electron chi connectivity index (χ2n) is 21.4. The molecule has 0 radical (unpaired) electrons. The average molecular weight is 1300 g/mol. The zero-order chi connectivity index (χ0) is 65.2. The Kier molecular flexibility index (Phi) is 17.2. The third kappa shape index (κ3) is 13.5. The van der Waals surface area contributed by atoms with Gasteiger partial charge >= 0.3 is 5.97 Å². The number of anilines is 2. The molecule has 464 valence electrons. The number of aryl methyl sites for hydroxylation is 2. The summed E-state index contributed by atoms with van der Waals surface area (Å²) in [7, 11) is 0. The quantitative estimate of drug-likeness (QED) is 0.0533. The van der Waals surface area contributed by atoms with Crippen LogP contribution < -0.4 is 38.8 Å². The van der Waals surface area contributed by atoms with Gasteiger partial charge < -0.3 is 42.2 Å². The van der Waals surface area contributed by atoms with Gasteiger partial charge in [0.25, 0.3) is 22.9 Å². The summed E-state index contributed by atoms with van der Waals surface area (Å²) in [5.74, 6) is -1.27. The lowest BCUT2D eigenvalue weighted by molar-refractivity contribution is 0.0690. The molecule has 2 amide bonds. The van der Waals surface area contributed by atoms with Gasteiger partial charge in [0.1, 0.15) is 17.2 Å². The van der Waals surface area contributed by atoms with Gasteiger partial charge in [0, 0.05) is 77.7 Å². The molecule has 0 atom stereocenters. The fraction of sp³-hybridized carbons (Fsp3) is 0.108. The van der Waals surface area contributed by atoms with Crippen LogP contribution in [0.2, 0.25) is 15.1 Å². The Morgan fingerprint density at radius 2 is 0.914 bits per heavy atom. The molecule has 10 N–H and O–H groups in total. The summed E-state index contributed by atoms with van der Waals surface area (Å²) in [6.45, 7) is 5.19. The van der Waals surface area contributed by atoms with Gasteiger partial charge in [-0.3, -0.25) is 53.0 Å². The number of benzene rings is 3. The lowest BCUT2D eigenvalue weighted by atomic mass is 10.1. The molecule has 28 heteroatoms. The van der Waals surface area contributed by atoms with E-state index in [1.807, 2.05) is 98.8 Å². The van der Waals surface area contributed by atoms with Crippen LogP contribution in [0.25, 0.3) is 65.5 Å². The predicted molar refractivity (Wildman–Crippen MR) is 355 cm³/mol. The molecule has 14 rings (SSSR count). The number of aromatic carboxylic acids is 1. The monoisotopic (exact) mass is 1300 g/mol. The molecule has 0 unspecified atom stereocenters. The lowest BCUT2D eigenvalue weighted by Crippen LogP contribution is -2.25. The van der Waals surface area contributed by atoms with E-state index < -0.39 is 23.3 Å². The highest BCUT2D eigenvalue weighted by molar-refractivity contribution is 6.31. The summed E-state index contributed by atoms with van der Waals surface area (Å²) in [5.41, 5.74) is 20.5. The van der Waals surface area contributed by atoms with E-state index in [2.05, 4.69) is 65.8 Å². The highest BCUT2D eigenvalue weighted by atomic mass is 35.5. The zero-order valence-corrected chi connectivity index (χ0v) is 51.3. The van der Waals surface area contributed by atoms with Crippen molar-refractivity contribution in [3.63, 3.8) is 0 Å². The number of nitrogens with two attached hydrogens (primary N) is 2. The maximum atomic E-state index is 13.0. The van der Waals surface area contributed by atoms with E-state index in [0.29, 0.717) is 68.4 Å². The second kappa shape index (κ2) is 26.0. The van der Waals surface area contributed by atoms with Crippen LogP contribution in [0.4, 0.5) is 11.6 Å². The molecule has 0 aliphatic heterocycles. The number of carboxylic acids is 1. The van der Waals surface area contributed by atoms with Gasteiger partial charge in [0.15, 0.2) is 17.1 Å². The Morgan fingerprint density at radius 1 is 0.505 bits per heavy atom. The Bertz CT molecular complexity index is 5510. The van der Waals surface area contributed by atoms with E-state index in [-0.39, 0.29) is 52.1 Å². The van der Waals surface area contributed by atoms with Crippen LogP contribution in [-0.2, 0) is 32.7 Å². The number of carbonyl (C=O) groups excluding carboxylic acids is 2. The van der Waals surface area contributed by atoms with E-state index in [1.54, 1.807) is 58.3 Å². The van der Waals surface area contributed by atoms with Crippen LogP contribution in [0.3, 0.4) is 0 Å². The number of halogens is 3. The number of hydrogen-bond donors (Lipinski definition) is 8. The molecule has 0 spiro atoms. The molecular formula is C65H51Cl3N18O7. The number of nitrogens with zero attached hydrogens (tertiary/aromatic N) is 11. The third-order valence-corrected chi connectivity index (χ3v) is 15.7. The molecule has 0 bridgehead atoms. The molecule has 11 aromatic heterocycles. The molecule has 0 aliphatic rings. The molecule has 3 aromatic carbocycles. The molecule has 25 nitrogen and oxygen atoms in total. The van der Waals surface area contributed by atoms with Gasteiger partial charge in [-0.1, -0.05) is 65.1 Å². The topological polar surface area (TPSA) is 364 Å². The van der Waals surface area contributed by atoms with Gasteiger partial charge in [-0.25, -0.2) is 14.8 Å². The minimum Gasteiger partial charge on any atom is -0.476 e. The van der Waals surface area contributed by atoms with Crippen molar-refractivity contribution >= 4 is 130 Å². The zero-order valence-electron chi connectivity index (χ0n) is 49.1. The first-order chi connectivity index (χ1) is 44.8. The second-order valence-corrected chi connectivity index (χ2v) is 22.7. The Morgan fingerprint density at radius 3 is 1.35 bits per heavy atom. The van der Waals surface area contributed by atoms with Gasteiger partial charge in [0.2, 0.25) is 5.56 Å². The van der Waals surface area contributed by atoms with E-state index in [9.17, 15) is 33.9 Å². The molecule has 93 heavy (non-hydrogen) atoms. The molecular weight excluding hydrogens is 1250 g/mol. The number of nitrogen functional groups attached to an aromatic ring is 2. The number of fused-ring (bicyclic) bond motifs is 6. The molecule has 0 saturated heterocycles. The summed E-state index contributed by atoms with van der Waals surface area (Å²) in [6.07, 6.45) is 7.80. The number of aromatic nitrogens is 14. The Hall–Kier alpha value is -11.7. The van der Waals surface area contributed by atoms with Gasteiger partial charge in [-0.2, -0.15) is 15.3 Å². The van der Waals surface area contributed by atoms with E-state index >= 15 is 0 Å². The van der Waals surface area contributed by atoms with Crippen molar-refractivity contribution in [2.75, 3.05) is 11.5 Å². The Labute approximate surface area is 539 Å². The fourth-order valence-electron chi connectivity index (χ4n) is 10.6. The summed E-state index contributed by atoms with van der Waals surface area (Å²) < 4.78 is 4.84. The summed E-state index contributed by atoms with van der Waals surface area (Å²) in [5, 5.41) is 32.7. The van der Waals surface area contributed by atoms with Crippen molar-refractivity contribution in [2.24, 2.45) is 0 Å². The lowest BCUT2D eigenvalue weighted by Gasteiger charge is -2.07. The number of pyridine rings is 8. The van der Waals surface area contributed by atoms with Crippen LogP contribution in [0, 0.1) is 13.8 Å². The Balaban J connectivity index is 0.000000136. The number of amides is 2. The number of carboxylic acid groups (broad SMARTS) is 1. The van der Waals surface area contributed by atoms with Gasteiger partial charge in [0.05, 0.1) is 78.6 Å². The van der Waals surface area contributed by atoms with Crippen molar-refractivity contribution < 1.29 is 19.5 Å². The number of nitrogens with one attached hydrogen (secondary N) is 5. The highest BCUT2D eigenvalue weighted by Crippen LogP contribution is 2.26. The third-order valence-electron chi connectivity index (χ3n) is 15.1.